The monoisotopic (exact) mass is 202 g/mol. The van der Waals surface area contributed by atoms with Gasteiger partial charge in [0.1, 0.15) is 11.6 Å². The summed E-state index contributed by atoms with van der Waals surface area (Å²) in [5, 5.41) is 9.66. The third kappa shape index (κ3) is 1.84. The van der Waals surface area contributed by atoms with Gasteiger partial charge in [0.05, 0.1) is 0 Å². The molecule has 0 unspecified atom stereocenters. The Kier molecular flexibility index (Phi) is 2.42. The van der Waals surface area contributed by atoms with Crippen molar-refractivity contribution in [2.24, 2.45) is 0 Å². The Morgan fingerprint density at radius 1 is 1.00 bits per heavy atom. The number of para-hydroxylation sites is 1. The van der Waals surface area contributed by atoms with E-state index in [0.717, 1.165) is 11.1 Å². The molecule has 0 spiro atoms. The number of phenolic OH excluding ortho intramolecular Hbond substituents is 1. The predicted molar refractivity (Wildman–Crippen MR) is 58.2 cm³/mol. The number of aromatic hydroxyl groups is 1. The zero-order valence-electron chi connectivity index (χ0n) is 8.37. The van der Waals surface area contributed by atoms with Crippen LogP contribution in [0.4, 0.5) is 4.39 Å². The normalized spacial score (nSPS) is 10.3. The molecule has 2 rings (SSSR count). The first-order valence-electron chi connectivity index (χ1n) is 4.73. The van der Waals surface area contributed by atoms with E-state index in [4.69, 9.17) is 0 Å². The Balaban J connectivity index is 2.64. The number of hydrogen-bond donors (Lipinski definition) is 1. The maximum Gasteiger partial charge on any atom is 0.123 e. The van der Waals surface area contributed by atoms with Crippen LogP contribution in [0.3, 0.4) is 0 Å². The highest BCUT2D eigenvalue weighted by molar-refractivity contribution is 5.72. The van der Waals surface area contributed by atoms with Crippen molar-refractivity contribution in [1.82, 2.24) is 0 Å². The van der Waals surface area contributed by atoms with Crippen LogP contribution in [0, 0.1) is 12.7 Å². The second-order valence-electron chi connectivity index (χ2n) is 3.48. The molecule has 0 bridgehead atoms. The topological polar surface area (TPSA) is 20.2 Å². The van der Waals surface area contributed by atoms with E-state index >= 15 is 0 Å². The van der Waals surface area contributed by atoms with Gasteiger partial charge in [0.15, 0.2) is 0 Å². The van der Waals surface area contributed by atoms with Gasteiger partial charge >= 0.3 is 0 Å². The van der Waals surface area contributed by atoms with E-state index in [1.165, 1.54) is 12.1 Å². The van der Waals surface area contributed by atoms with Crippen LogP contribution < -0.4 is 0 Å². The van der Waals surface area contributed by atoms with Gasteiger partial charge in [-0.1, -0.05) is 24.3 Å². The van der Waals surface area contributed by atoms with Gasteiger partial charge in [-0.05, 0) is 36.2 Å². The molecule has 0 aromatic heterocycles. The molecule has 0 saturated heterocycles. The SMILES string of the molecule is Cc1ccc(F)cc1-c1ccccc1O. The predicted octanol–water partition coefficient (Wildman–Crippen LogP) is 3.51. The largest absolute Gasteiger partial charge is 0.507 e. The zero-order valence-corrected chi connectivity index (χ0v) is 8.37. The molecule has 2 heteroatoms. The first kappa shape index (κ1) is 9.71. The van der Waals surface area contributed by atoms with Crippen LogP contribution in [0.25, 0.3) is 11.1 Å². The van der Waals surface area contributed by atoms with Crippen LogP contribution in [0.2, 0.25) is 0 Å². The van der Waals surface area contributed by atoms with E-state index in [0.29, 0.717) is 5.56 Å². The summed E-state index contributed by atoms with van der Waals surface area (Å²) in [4.78, 5) is 0. The fourth-order valence-electron chi connectivity index (χ4n) is 1.59. The van der Waals surface area contributed by atoms with E-state index < -0.39 is 0 Å². The molecule has 0 aliphatic rings. The number of rotatable bonds is 1. The van der Waals surface area contributed by atoms with Gasteiger partial charge in [-0.25, -0.2) is 4.39 Å². The summed E-state index contributed by atoms with van der Waals surface area (Å²) in [5.74, 6) is -0.120. The van der Waals surface area contributed by atoms with Gasteiger partial charge in [0, 0.05) is 5.56 Å². The average Bonchev–Trinajstić information content (AvgIpc) is 2.23. The maximum atomic E-state index is 13.1. The standard InChI is InChI=1S/C13H11FO/c1-9-6-7-10(14)8-12(9)11-4-2-3-5-13(11)15/h2-8,15H,1H3. The number of aryl methyl sites for hydroxylation is 1. The Labute approximate surface area is 87.8 Å². The summed E-state index contributed by atoms with van der Waals surface area (Å²) >= 11 is 0. The fourth-order valence-corrected chi connectivity index (χ4v) is 1.59. The molecule has 0 atom stereocenters. The average molecular weight is 202 g/mol. The third-order valence-corrected chi connectivity index (χ3v) is 2.39. The molecule has 0 aliphatic heterocycles. The van der Waals surface area contributed by atoms with E-state index in [1.807, 2.05) is 13.0 Å². The van der Waals surface area contributed by atoms with Crippen LogP contribution in [-0.4, -0.2) is 5.11 Å². The zero-order chi connectivity index (χ0) is 10.8. The van der Waals surface area contributed by atoms with Gasteiger partial charge in [0.2, 0.25) is 0 Å². The minimum Gasteiger partial charge on any atom is -0.507 e. The van der Waals surface area contributed by atoms with Crippen molar-refractivity contribution in [2.75, 3.05) is 0 Å². The molecule has 15 heavy (non-hydrogen) atoms. The summed E-state index contributed by atoms with van der Waals surface area (Å²) in [6.07, 6.45) is 0. The highest BCUT2D eigenvalue weighted by Crippen LogP contribution is 2.31. The van der Waals surface area contributed by atoms with Gasteiger partial charge < -0.3 is 5.11 Å². The first-order valence-corrected chi connectivity index (χ1v) is 4.73. The van der Waals surface area contributed by atoms with Gasteiger partial charge in [-0.2, -0.15) is 0 Å². The molecule has 1 nitrogen and oxygen atoms in total. The smallest absolute Gasteiger partial charge is 0.123 e. The van der Waals surface area contributed by atoms with Crippen LogP contribution in [-0.2, 0) is 0 Å². The first-order chi connectivity index (χ1) is 7.18. The molecule has 0 fully saturated rings. The highest BCUT2D eigenvalue weighted by Gasteiger charge is 2.06. The molecule has 0 radical (unpaired) electrons. The molecule has 2 aromatic rings. The summed E-state index contributed by atoms with van der Waals surface area (Å²) < 4.78 is 13.1. The minimum atomic E-state index is -0.293. The Bertz CT molecular complexity index is 492. The van der Waals surface area contributed by atoms with Crippen LogP contribution >= 0.6 is 0 Å². The van der Waals surface area contributed by atoms with Crippen molar-refractivity contribution in [3.63, 3.8) is 0 Å². The van der Waals surface area contributed by atoms with Crippen LogP contribution in [0.5, 0.6) is 5.75 Å². The number of hydrogen-bond acceptors (Lipinski definition) is 1. The lowest BCUT2D eigenvalue weighted by molar-refractivity contribution is 0.477. The van der Waals surface area contributed by atoms with Crippen molar-refractivity contribution in [3.8, 4) is 16.9 Å². The second kappa shape index (κ2) is 3.73. The molecule has 0 heterocycles. The maximum absolute atomic E-state index is 13.1. The minimum absolute atomic E-state index is 0.172. The van der Waals surface area contributed by atoms with Crippen molar-refractivity contribution >= 4 is 0 Å². The van der Waals surface area contributed by atoms with Crippen molar-refractivity contribution in [2.45, 2.75) is 6.92 Å². The summed E-state index contributed by atoms with van der Waals surface area (Å²) in [5.41, 5.74) is 2.33. The lowest BCUT2D eigenvalue weighted by Gasteiger charge is -2.07. The van der Waals surface area contributed by atoms with Gasteiger partial charge in [0.25, 0.3) is 0 Å². The Morgan fingerprint density at radius 2 is 1.73 bits per heavy atom. The molecule has 0 aliphatic carbocycles. The van der Waals surface area contributed by atoms with Crippen molar-refractivity contribution < 1.29 is 9.50 Å². The van der Waals surface area contributed by atoms with Crippen molar-refractivity contribution in [1.29, 1.82) is 0 Å². The number of benzene rings is 2. The van der Waals surface area contributed by atoms with Crippen molar-refractivity contribution in [3.05, 3.63) is 53.8 Å². The van der Waals surface area contributed by atoms with E-state index in [9.17, 15) is 9.50 Å². The molecule has 1 N–H and O–H groups in total. The quantitative estimate of drug-likeness (QED) is 0.750. The molecular weight excluding hydrogens is 191 g/mol. The summed E-state index contributed by atoms with van der Waals surface area (Å²) in [6.45, 7) is 1.89. The summed E-state index contributed by atoms with van der Waals surface area (Å²) in [6, 6.07) is 11.5. The lowest BCUT2D eigenvalue weighted by Crippen LogP contribution is -1.85. The third-order valence-electron chi connectivity index (χ3n) is 2.39. The molecule has 0 amide bonds. The molecule has 2 aromatic carbocycles. The van der Waals surface area contributed by atoms with E-state index in [2.05, 4.69) is 0 Å². The van der Waals surface area contributed by atoms with E-state index in [1.54, 1.807) is 24.3 Å². The Hall–Kier alpha value is -1.83. The van der Waals surface area contributed by atoms with Crippen LogP contribution in [0.15, 0.2) is 42.5 Å². The number of phenols is 1. The fraction of sp³-hybridized carbons (Fsp3) is 0.0769. The van der Waals surface area contributed by atoms with Crippen LogP contribution in [0.1, 0.15) is 5.56 Å². The highest BCUT2D eigenvalue weighted by atomic mass is 19.1. The molecular formula is C13H11FO. The van der Waals surface area contributed by atoms with Gasteiger partial charge in [-0.3, -0.25) is 0 Å². The molecule has 0 saturated carbocycles. The Morgan fingerprint density at radius 3 is 2.47 bits per heavy atom. The molecule has 76 valence electrons. The second-order valence-corrected chi connectivity index (χ2v) is 3.48. The lowest BCUT2D eigenvalue weighted by atomic mass is 10.00. The number of halogens is 1. The summed E-state index contributed by atoms with van der Waals surface area (Å²) in [7, 11) is 0. The van der Waals surface area contributed by atoms with Gasteiger partial charge in [-0.15, -0.1) is 0 Å². The van der Waals surface area contributed by atoms with E-state index in [-0.39, 0.29) is 11.6 Å².